The van der Waals surface area contributed by atoms with Crippen molar-refractivity contribution in [3.8, 4) is 11.8 Å². The number of aromatic hydroxyl groups is 1. The first-order chi connectivity index (χ1) is 12.6. The predicted octanol–water partition coefficient (Wildman–Crippen LogP) is 2.53. The number of phenols is 1. The van der Waals surface area contributed by atoms with Gasteiger partial charge in [0.1, 0.15) is 6.07 Å². The van der Waals surface area contributed by atoms with E-state index in [-0.39, 0.29) is 17.7 Å². The highest BCUT2D eigenvalue weighted by Gasteiger charge is 2.05. The fraction of sp³-hybridized carbons (Fsp3) is 0.300. The van der Waals surface area contributed by atoms with Gasteiger partial charge in [-0.15, -0.1) is 0 Å². The van der Waals surface area contributed by atoms with Gasteiger partial charge in [0.2, 0.25) is 0 Å². The van der Waals surface area contributed by atoms with Gasteiger partial charge in [0.15, 0.2) is 5.75 Å². The second kappa shape index (κ2) is 10.1. The maximum absolute atomic E-state index is 10.8. The van der Waals surface area contributed by atoms with Crippen LogP contribution >= 0.6 is 0 Å². The molecule has 0 spiro atoms. The number of anilines is 1. The van der Waals surface area contributed by atoms with Crippen LogP contribution < -0.4 is 10.6 Å². The zero-order chi connectivity index (χ0) is 18.8. The van der Waals surface area contributed by atoms with Gasteiger partial charge in [0.25, 0.3) is 0 Å². The maximum Gasteiger partial charge on any atom is 0.307 e. The number of phenolic OH excluding ortho intramolecular Hbond substituents is 1. The summed E-state index contributed by atoms with van der Waals surface area (Å²) >= 11 is 0. The number of benzene rings is 2. The van der Waals surface area contributed by atoms with Gasteiger partial charge in [0, 0.05) is 6.54 Å². The van der Waals surface area contributed by atoms with E-state index in [1.165, 1.54) is 0 Å². The molecule has 2 rings (SSSR count). The van der Waals surface area contributed by atoms with E-state index in [1.54, 1.807) is 18.2 Å². The van der Waals surface area contributed by atoms with Crippen LogP contribution in [0.1, 0.15) is 23.1 Å². The number of carboxylic acid groups (broad SMARTS) is 1. The average Bonchev–Trinajstić information content (AvgIpc) is 2.62. The topological polar surface area (TPSA) is 105 Å². The Morgan fingerprint density at radius 3 is 2.62 bits per heavy atom. The summed E-state index contributed by atoms with van der Waals surface area (Å²) in [6.07, 6.45) is 1.76. The van der Waals surface area contributed by atoms with Crippen molar-refractivity contribution in [2.24, 2.45) is 0 Å². The highest BCUT2D eigenvalue weighted by Crippen LogP contribution is 2.26. The number of aliphatic carboxylic acids is 1. The number of carboxylic acids is 1. The minimum atomic E-state index is -0.820. The summed E-state index contributed by atoms with van der Waals surface area (Å²) < 4.78 is 0. The molecule has 6 nitrogen and oxygen atoms in total. The Labute approximate surface area is 153 Å². The van der Waals surface area contributed by atoms with Crippen molar-refractivity contribution in [3.63, 3.8) is 0 Å². The van der Waals surface area contributed by atoms with Crippen LogP contribution in [0.2, 0.25) is 0 Å². The van der Waals surface area contributed by atoms with Crippen LogP contribution in [0, 0.1) is 11.3 Å². The number of nitrogens with one attached hydrogen (secondary N) is 2. The SMILES string of the molecule is N#Cc1cccc(NCCCNCCc2cccc(CC(=O)O)c2)c1O. The molecular formula is C20H23N3O3. The van der Waals surface area contributed by atoms with E-state index in [9.17, 15) is 9.90 Å². The van der Waals surface area contributed by atoms with Gasteiger partial charge in [0.05, 0.1) is 17.7 Å². The van der Waals surface area contributed by atoms with Crippen molar-refractivity contribution in [2.45, 2.75) is 19.3 Å². The van der Waals surface area contributed by atoms with Crippen molar-refractivity contribution in [3.05, 3.63) is 59.2 Å². The smallest absolute Gasteiger partial charge is 0.307 e. The van der Waals surface area contributed by atoms with Crippen molar-refractivity contribution >= 4 is 11.7 Å². The summed E-state index contributed by atoms with van der Waals surface area (Å²) in [5.41, 5.74) is 2.77. The lowest BCUT2D eigenvalue weighted by Crippen LogP contribution is -2.20. The van der Waals surface area contributed by atoms with Crippen LogP contribution in [-0.4, -0.2) is 35.8 Å². The van der Waals surface area contributed by atoms with E-state index in [4.69, 9.17) is 10.4 Å². The standard InChI is InChI=1S/C20H23N3O3/c21-14-17-6-2-7-18(20(17)26)23-10-3-9-22-11-8-15-4-1-5-16(12-15)13-19(24)25/h1-2,4-7,12,22-23,26H,3,8-11,13H2,(H,24,25). The summed E-state index contributed by atoms with van der Waals surface area (Å²) in [5, 5.41) is 34.1. The molecule has 0 aliphatic rings. The highest BCUT2D eigenvalue weighted by atomic mass is 16.4. The third-order valence-electron chi connectivity index (χ3n) is 3.94. The van der Waals surface area contributed by atoms with E-state index < -0.39 is 5.97 Å². The molecule has 0 heterocycles. The number of carbonyl (C=O) groups is 1. The molecule has 0 fully saturated rings. The molecule has 0 aliphatic heterocycles. The minimum Gasteiger partial charge on any atom is -0.504 e. The zero-order valence-electron chi connectivity index (χ0n) is 14.5. The van der Waals surface area contributed by atoms with Gasteiger partial charge in [-0.3, -0.25) is 4.79 Å². The molecule has 0 unspecified atom stereocenters. The summed E-state index contributed by atoms with van der Waals surface area (Å²) in [4.78, 5) is 10.8. The maximum atomic E-state index is 10.8. The fourth-order valence-corrected chi connectivity index (χ4v) is 2.64. The molecule has 0 aromatic heterocycles. The largest absolute Gasteiger partial charge is 0.504 e. The predicted molar refractivity (Wildman–Crippen MR) is 100 cm³/mol. The molecule has 0 radical (unpaired) electrons. The summed E-state index contributed by atoms with van der Waals surface area (Å²) in [7, 11) is 0. The van der Waals surface area contributed by atoms with E-state index in [2.05, 4.69) is 10.6 Å². The van der Waals surface area contributed by atoms with Crippen molar-refractivity contribution in [2.75, 3.05) is 25.0 Å². The minimum absolute atomic E-state index is 0.01000. The van der Waals surface area contributed by atoms with Gasteiger partial charge in [-0.05, 0) is 49.2 Å². The molecular weight excluding hydrogens is 330 g/mol. The Balaban J connectivity index is 1.64. The number of nitrogens with zero attached hydrogens (tertiary/aromatic N) is 1. The molecule has 136 valence electrons. The van der Waals surface area contributed by atoms with Crippen molar-refractivity contribution in [1.29, 1.82) is 5.26 Å². The molecule has 0 amide bonds. The molecule has 2 aromatic carbocycles. The van der Waals surface area contributed by atoms with Gasteiger partial charge < -0.3 is 20.8 Å². The van der Waals surface area contributed by atoms with E-state index in [1.807, 2.05) is 30.3 Å². The Morgan fingerprint density at radius 1 is 1.08 bits per heavy atom. The lowest BCUT2D eigenvalue weighted by atomic mass is 10.1. The Bertz CT molecular complexity index is 784. The number of rotatable bonds is 10. The zero-order valence-corrected chi connectivity index (χ0v) is 14.5. The molecule has 6 heteroatoms. The van der Waals surface area contributed by atoms with Crippen LogP contribution in [-0.2, 0) is 17.6 Å². The van der Waals surface area contributed by atoms with E-state index in [0.717, 1.165) is 37.1 Å². The van der Waals surface area contributed by atoms with Crippen LogP contribution in [0.25, 0.3) is 0 Å². The molecule has 0 aliphatic carbocycles. The van der Waals surface area contributed by atoms with Gasteiger partial charge in [-0.25, -0.2) is 0 Å². The van der Waals surface area contributed by atoms with Crippen LogP contribution in [0.3, 0.4) is 0 Å². The summed E-state index contributed by atoms with van der Waals surface area (Å²) in [6, 6.07) is 14.7. The fourth-order valence-electron chi connectivity index (χ4n) is 2.64. The van der Waals surface area contributed by atoms with Crippen LogP contribution in [0.15, 0.2) is 42.5 Å². The first-order valence-corrected chi connectivity index (χ1v) is 8.56. The first kappa shape index (κ1) is 19.3. The molecule has 4 N–H and O–H groups in total. The molecule has 0 atom stereocenters. The second-order valence-electron chi connectivity index (χ2n) is 5.98. The average molecular weight is 353 g/mol. The van der Waals surface area contributed by atoms with Crippen LogP contribution in [0.5, 0.6) is 5.75 Å². The third kappa shape index (κ3) is 6.11. The molecule has 0 saturated carbocycles. The Kier molecular flexibility index (Phi) is 7.47. The Morgan fingerprint density at radius 2 is 1.85 bits per heavy atom. The lowest BCUT2D eigenvalue weighted by molar-refractivity contribution is -0.136. The lowest BCUT2D eigenvalue weighted by Gasteiger charge is -2.10. The number of hydrogen-bond donors (Lipinski definition) is 4. The van der Waals surface area contributed by atoms with Crippen molar-refractivity contribution < 1.29 is 15.0 Å². The van der Waals surface area contributed by atoms with Gasteiger partial charge >= 0.3 is 5.97 Å². The molecule has 2 aromatic rings. The summed E-state index contributed by atoms with van der Waals surface area (Å²) in [5.74, 6) is -0.830. The van der Waals surface area contributed by atoms with Gasteiger partial charge in [-0.2, -0.15) is 5.26 Å². The quantitative estimate of drug-likeness (QED) is 0.386. The van der Waals surface area contributed by atoms with Crippen molar-refractivity contribution in [1.82, 2.24) is 5.32 Å². The first-order valence-electron chi connectivity index (χ1n) is 8.56. The normalized spacial score (nSPS) is 10.3. The van der Waals surface area contributed by atoms with E-state index >= 15 is 0 Å². The van der Waals surface area contributed by atoms with Crippen LogP contribution in [0.4, 0.5) is 5.69 Å². The number of hydrogen-bond acceptors (Lipinski definition) is 5. The number of para-hydroxylation sites is 1. The highest BCUT2D eigenvalue weighted by molar-refractivity contribution is 5.70. The molecule has 0 bridgehead atoms. The second-order valence-corrected chi connectivity index (χ2v) is 5.98. The third-order valence-corrected chi connectivity index (χ3v) is 3.94. The molecule has 0 saturated heterocycles. The Hall–Kier alpha value is -3.04. The monoisotopic (exact) mass is 353 g/mol. The van der Waals surface area contributed by atoms with E-state index in [0.29, 0.717) is 12.2 Å². The molecule has 26 heavy (non-hydrogen) atoms. The summed E-state index contributed by atoms with van der Waals surface area (Å²) in [6.45, 7) is 2.32. The number of nitriles is 1. The van der Waals surface area contributed by atoms with Gasteiger partial charge in [-0.1, -0.05) is 30.3 Å².